The van der Waals surface area contributed by atoms with Crippen molar-refractivity contribution in [3.63, 3.8) is 0 Å². The summed E-state index contributed by atoms with van der Waals surface area (Å²) in [5.41, 5.74) is 0. The van der Waals surface area contributed by atoms with Crippen molar-refractivity contribution in [3.8, 4) is 0 Å². The van der Waals surface area contributed by atoms with Crippen molar-refractivity contribution in [2.24, 2.45) is 0 Å². The maximum absolute atomic E-state index is 12.2. The molecular weight excluding hydrogens is 352 g/mol. The number of aryl methyl sites for hydroxylation is 1. The van der Waals surface area contributed by atoms with Crippen molar-refractivity contribution in [3.05, 3.63) is 44.3 Å². The lowest BCUT2D eigenvalue weighted by Crippen LogP contribution is -2.36. The van der Waals surface area contributed by atoms with Crippen molar-refractivity contribution in [2.75, 3.05) is 19.6 Å². The van der Waals surface area contributed by atoms with Crippen LogP contribution in [-0.4, -0.2) is 36.2 Å². The van der Waals surface area contributed by atoms with E-state index < -0.39 is 0 Å². The summed E-state index contributed by atoms with van der Waals surface area (Å²) in [4.78, 5) is 29.9. The highest BCUT2D eigenvalue weighted by atomic mass is 32.1. The van der Waals surface area contributed by atoms with E-state index in [0.29, 0.717) is 6.54 Å². The minimum atomic E-state index is -0.0395. The predicted molar refractivity (Wildman–Crippen MR) is 103 cm³/mol. The highest BCUT2D eigenvalue weighted by Gasteiger charge is 2.24. The Labute approximate surface area is 156 Å². The van der Waals surface area contributed by atoms with Crippen molar-refractivity contribution in [2.45, 2.75) is 38.6 Å². The molecule has 0 radical (unpaired) electrons. The number of amides is 1. The average Bonchev–Trinajstić information content (AvgIpc) is 3.35. The van der Waals surface area contributed by atoms with Gasteiger partial charge in [-0.05, 0) is 56.4 Å². The average molecular weight is 377 g/mol. The van der Waals surface area contributed by atoms with Crippen LogP contribution in [0.25, 0.3) is 0 Å². The first kappa shape index (κ1) is 18.3. The molecule has 6 heteroatoms. The lowest BCUT2D eigenvalue weighted by molar-refractivity contribution is -0.121. The summed E-state index contributed by atoms with van der Waals surface area (Å²) in [5, 5.41) is 5.12. The van der Waals surface area contributed by atoms with E-state index in [1.165, 1.54) is 29.1 Å². The number of likely N-dealkylation sites (tertiary alicyclic amines) is 1. The topological polar surface area (TPSA) is 49.4 Å². The number of Topliss-reactive ketones (excluding diaryl/α,β-unsaturated/α-hetero) is 1. The smallest absolute Gasteiger partial charge is 0.220 e. The first-order valence-corrected chi connectivity index (χ1v) is 10.5. The zero-order valence-electron chi connectivity index (χ0n) is 14.5. The molecule has 2 aromatic rings. The van der Waals surface area contributed by atoms with Crippen LogP contribution in [0.15, 0.2) is 29.6 Å². The summed E-state index contributed by atoms with van der Waals surface area (Å²) in [6.07, 6.45) is 2.99. The Morgan fingerprint density at radius 2 is 2.00 bits per heavy atom. The van der Waals surface area contributed by atoms with Gasteiger partial charge in [0, 0.05) is 29.1 Å². The van der Waals surface area contributed by atoms with Crippen LogP contribution in [-0.2, 0) is 4.79 Å². The Balaban J connectivity index is 1.49. The Bertz CT molecular complexity index is 703. The van der Waals surface area contributed by atoms with E-state index in [4.69, 9.17) is 0 Å². The van der Waals surface area contributed by atoms with Gasteiger partial charge in [0.2, 0.25) is 5.91 Å². The third-order valence-corrected chi connectivity index (χ3v) is 6.56. The third kappa shape index (κ3) is 5.00. The molecule has 25 heavy (non-hydrogen) atoms. The second-order valence-electron chi connectivity index (χ2n) is 6.41. The van der Waals surface area contributed by atoms with Gasteiger partial charge in [0.15, 0.2) is 5.78 Å². The van der Waals surface area contributed by atoms with Gasteiger partial charge >= 0.3 is 0 Å². The molecule has 134 valence electrons. The van der Waals surface area contributed by atoms with Crippen molar-refractivity contribution >= 4 is 34.4 Å². The molecule has 0 bridgehead atoms. The van der Waals surface area contributed by atoms with E-state index in [2.05, 4.69) is 27.7 Å². The second kappa shape index (κ2) is 8.74. The fraction of sp³-hybridized carbons (Fsp3) is 0.474. The van der Waals surface area contributed by atoms with E-state index in [9.17, 15) is 9.59 Å². The third-order valence-electron chi connectivity index (χ3n) is 4.54. The molecule has 4 nitrogen and oxygen atoms in total. The minimum absolute atomic E-state index is 0.0395. The van der Waals surface area contributed by atoms with Gasteiger partial charge < -0.3 is 5.32 Å². The molecule has 1 atom stereocenters. The lowest BCUT2D eigenvalue weighted by Gasteiger charge is -2.26. The molecule has 2 aromatic heterocycles. The number of nitrogens with one attached hydrogen (secondary N) is 1. The maximum Gasteiger partial charge on any atom is 0.220 e. The zero-order valence-corrected chi connectivity index (χ0v) is 16.1. The molecule has 1 amide bonds. The van der Waals surface area contributed by atoms with Gasteiger partial charge in [0.05, 0.1) is 10.9 Å². The van der Waals surface area contributed by atoms with Crippen molar-refractivity contribution in [1.82, 2.24) is 10.2 Å². The van der Waals surface area contributed by atoms with Gasteiger partial charge in [-0.15, -0.1) is 22.7 Å². The number of ketones is 1. The van der Waals surface area contributed by atoms with E-state index in [1.54, 1.807) is 11.3 Å². The van der Waals surface area contributed by atoms with Crippen LogP contribution in [0.2, 0.25) is 0 Å². The number of thiophene rings is 2. The summed E-state index contributed by atoms with van der Waals surface area (Å²) in [6, 6.07) is 8.25. The largest absolute Gasteiger partial charge is 0.354 e. The quantitative estimate of drug-likeness (QED) is 0.708. The van der Waals surface area contributed by atoms with Crippen LogP contribution in [0.4, 0.5) is 0 Å². The molecule has 0 aromatic carbocycles. The van der Waals surface area contributed by atoms with Crippen LogP contribution in [0, 0.1) is 6.92 Å². The monoisotopic (exact) mass is 376 g/mol. The molecule has 0 saturated carbocycles. The van der Waals surface area contributed by atoms with E-state index >= 15 is 0 Å². The number of hydrogen-bond acceptors (Lipinski definition) is 5. The highest BCUT2D eigenvalue weighted by molar-refractivity contribution is 7.14. The molecular formula is C19H24N2O2S2. The minimum Gasteiger partial charge on any atom is -0.354 e. The van der Waals surface area contributed by atoms with Gasteiger partial charge in [-0.3, -0.25) is 14.5 Å². The van der Waals surface area contributed by atoms with Crippen molar-refractivity contribution in [1.29, 1.82) is 0 Å². The van der Waals surface area contributed by atoms with Crippen molar-refractivity contribution < 1.29 is 9.59 Å². The first-order valence-electron chi connectivity index (χ1n) is 8.77. The zero-order chi connectivity index (χ0) is 17.6. The number of hydrogen-bond donors (Lipinski definition) is 1. The summed E-state index contributed by atoms with van der Waals surface area (Å²) in [5.74, 6) is 0.0185. The molecule has 3 rings (SSSR count). The van der Waals surface area contributed by atoms with Crippen LogP contribution in [0.5, 0.6) is 0 Å². The fourth-order valence-electron chi connectivity index (χ4n) is 3.18. The molecule has 1 aliphatic rings. The van der Waals surface area contributed by atoms with Crippen LogP contribution < -0.4 is 5.32 Å². The molecule has 1 saturated heterocycles. The molecule has 0 spiro atoms. The lowest BCUT2D eigenvalue weighted by atomic mass is 10.1. The molecule has 0 aliphatic carbocycles. The van der Waals surface area contributed by atoms with E-state index in [-0.39, 0.29) is 30.6 Å². The van der Waals surface area contributed by atoms with Gasteiger partial charge in [0.1, 0.15) is 0 Å². The number of carbonyl (C=O) groups is 2. The predicted octanol–water partition coefficient (Wildman–Crippen LogP) is 4.03. The fourth-order valence-corrected chi connectivity index (χ4v) is 4.87. The summed E-state index contributed by atoms with van der Waals surface area (Å²) < 4.78 is 0. The van der Waals surface area contributed by atoms with Crippen LogP contribution >= 0.6 is 22.7 Å². The maximum atomic E-state index is 12.2. The first-order chi connectivity index (χ1) is 12.1. The number of carbonyl (C=O) groups excluding carboxylic acids is 2. The number of nitrogens with zero attached hydrogens (tertiary/aromatic N) is 1. The second-order valence-corrected chi connectivity index (χ2v) is 8.68. The molecule has 1 aliphatic heterocycles. The normalized spacial score (nSPS) is 16.0. The molecule has 1 unspecified atom stereocenters. The van der Waals surface area contributed by atoms with Gasteiger partial charge in [-0.2, -0.15) is 0 Å². The Morgan fingerprint density at radius 3 is 2.64 bits per heavy atom. The van der Waals surface area contributed by atoms with Gasteiger partial charge in [0.25, 0.3) is 0 Å². The van der Waals surface area contributed by atoms with Gasteiger partial charge in [-0.1, -0.05) is 6.07 Å². The van der Waals surface area contributed by atoms with Crippen LogP contribution in [0.3, 0.4) is 0 Å². The number of rotatable bonds is 8. The Hall–Kier alpha value is -1.50. The molecule has 1 N–H and O–H groups in total. The Morgan fingerprint density at radius 1 is 1.20 bits per heavy atom. The highest BCUT2D eigenvalue weighted by Crippen LogP contribution is 2.27. The SMILES string of the molecule is Cc1ccc(C(=O)CCC(=O)NCC(c2cccs2)N2CCCC2)s1. The summed E-state index contributed by atoms with van der Waals surface area (Å²) >= 11 is 3.24. The summed E-state index contributed by atoms with van der Waals surface area (Å²) in [7, 11) is 0. The van der Waals surface area contributed by atoms with E-state index in [1.807, 2.05) is 19.1 Å². The van der Waals surface area contributed by atoms with Crippen LogP contribution in [0.1, 0.15) is 51.2 Å². The summed E-state index contributed by atoms with van der Waals surface area (Å²) in [6.45, 7) is 4.78. The standard InChI is InChI=1S/C19H24N2O2S2/c1-14-6-8-18(25-14)16(22)7-9-19(23)20-13-15(17-5-4-12-24-17)21-10-2-3-11-21/h4-6,8,12,15H,2-3,7,9-11,13H2,1H3,(H,20,23). The molecule has 1 fully saturated rings. The van der Waals surface area contributed by atoms with E-state index in [0.717, 1.165) is 22.8 Å². The molecule has 3 heterocycles. The van der Waals surface area contributed by atoms with Gasteiger partial charge in [-0.25, -0.2) is 0 Å². The Kier molecular flexibility index (Phi) is 6.39.